The third kappa shape index (κ3) is 47.8. The summed E-state index contributed by atoms with van der Waals surface area (Å²) in [5.41, 5.74) is 0. The second-order valence-corrected chi connectivity index (χ2v) is 23.2. The number of hydrogen-bond acceptors (Lipinski definition) is 10. The van der Waals surface area contributed by atoms with E-state index in [-0.39, 0.29) is 19.4 Å². The molecule has 486 valence electrons. The van der Waals surface area contributed by atoms with Crippen molar-refractivity contribution in [3.05, 3.63) is 122 Å². The number of unbranched alkanes of at least 4 members (excludes halogenated alkanes) is 25. The molecule has 1 aliphatic rings. The zero-order valence-corrected chi connectivity index (χ0v) is 53.9. The summed E-state index contributed by atoms with van der Waals surface area (Å²) in [6.07, 6.45) is 73.7. The Kier molecular flexibility index (Phi) is 56.1. The summed E-state index contributed by atoms with van der Waals surface area (Å²) in [6, 6.07) is -1.04. The number of nitrogens with one attached hydrogen (secondary N) is 1. The van der Waals surface area contributed by atoms with Gasteiger partial charge in [-0.1, -0.05) is 271 Å². The third-order valence-corrected chi connectivity index (χ3v) is 15.3. The van der Waals surface area contributed by atoms with Crippen molar-refractivity contribution >= 4 is 11.9 Å². The maximum atomic E-state index is 13.5. The van der Waals surface area contributed by atoms with Crippen molar-refractivity contribution < 1.29 is 49.3 Å². The highest BCUT2D eigenvalue weighted by atomic mass is 16.7. The summed E-state index contributed by atoms with van der Waals surface area (Å²) >= 11 is 0. The Morgan fingerprint density at radius 3 is 1.29 bits per heavy atom. The van der Waals surface area contributed by atoms with E-state index >= 15 is 0 Å². The van der Waals surface area contributed by atoms with Crippen LogP contribution in [0.25, 0.3) is 0 Å². The fourth-order valence-corrected chi connectivity index (χ4v) is 9.96. The molecule has 0 aromatic carbocycles. The fourth-order valence-electron chi connectivity index (χ4n) is 9.96. The average Bonchev–Trinajstić information content (AvgIpc) is 3.69. The van der Waals surface area contributed by atoms with Gasteiger partial charge in [-0.2, -0.15) is 0 Å². The molecule has 6 N–H and O–H groups in total. The molecule has 1 rings (SSSR count). The minimum absolute atomic E-state index is 0.0959. The Morgan fingerprint density at radius 2 is 0.847 bits per heavy atom. The lowest BCUT2D eigenvalue weighted by Gasteiger charge is -2.41. The number of hydrogen-bond donors (Lipinski definition) is 6. The van der Waals surface area contributed by atoms with E-state index in [0.29, 0.717) is 12.8 Å². The minimum Gasteiger partial charge on any atom is -0.454 e. The van der Waals surface area contributed by atoms with Crippen LogP contribution >= 0.6 is 0 Å². The number of amides is 1. The second-order valence-electron chi connectivity index (χ2n) is 23.2. The van der Waals surface area contributed by atoms with Gasteiger partial charge in [-0.3, -0.25) is 9.59 Å². The maximum Gasteiger partial charge on any atom is 0.306 e. The standard InChI is InChI=1S/C74H125NO10/c1-4-7-10-13-16-19-22-24-26-28-30-32-33-34-36-37-39-41-43-46-49-52-55-58-61-67(78)73(82)75-65(66(77)60-57-54-51-48-45-21-18-15-12-9-6-3)64-83-74-72(71(81)70(80)68(63-76)84-74)85-69(79)62-59-56-53-50-47-44-42-40-38-35-31-29-27-25-23-20-17-14-11-8-5-2/h7,10,16-17,19-20,24-27,30-32,34-36,40,42,57,60,65-68,70-72,74,76-78,80-81H,4-6,8-9,11-15,18,21-23,28-29,33,37-39,41,43-56,58-59,61-64H2,1-3H3,(H,75,82)/b10-7-,19-16-,20-17-,26-24-,27-25-,32-30-,35-31-,36-34-,42-40-,60-57+. The second kappa shape index (κ2) is 60.3. The molecule has 0 aromatic heterocycles. The fraction of sp³-hybridized carbons (Fsp3) is 0.703. The largest absolute Gasteiger partial charge is 0.454 e. The Labute approximate surface area is 519 Å². The van der Waals surface area contributed by atoms with Crippen molar-refractivity contribution in [1.82, 2.24) is 5.32 Å². The first-order valence-corrected chi connectivity index (χ1v) is 34.3. The maximum absolute atomic E-state index is 13.5. The number of aliphatic hydroxyl groups excluding tert-OH is 5. The van der Waals surface area contributed by atoms with Crippen LogP contribution in [0.3, 0.4) is 0 Å². The van der Waals surface area contributed by atoms with Crippen molar-refractivity contribution in [3.63, 3.8) is 0 Å². The zero-order valence-electron chi connectivity index (χ0n) is 53.9. The number of carbonyl (C=O) groups is 2. The van der Waals surface area contributed by atoms with Crippen LogP contribution in [0.5, 0.6) is 0 Å². The Balaban J connectivity index is 2.61. The molecule has 8 unspecified atom stereocenters. The Hall–Kier alpha value is -3.94. The van der Waals surface area contributed by atoms with Crippen LogP contribution in [0.4, 0.5) is 0 Å². The van der Waals surface area contributed by atoms with Crippen LogP contribution < -0.4 is 5.32 Å². The van der Waals surface area contributed by atoms with Gasteiger partial charge >= 0.3 is 5.97 Å². The van der Waals surface area contributed by atoms with E-state index in [0.717, 1.165) is 141 Å². The van der Waals surface area contributed by atoms with Gasteiger partial charge in [0.15, 0.2) is 12.4 Å². The van der Waals surface area contributed by atoms with Gasteiger partial charge < -0.3 is 45.1 Å². The van der Waals surface area contributed by atoms with Crippen LogP contribution in [0.1, 0.15) is 271 Å². The number of carbonyl (C=O) groups excluding carboxylic acids is 2. The predicted octanol–water partition coefficient (Wildman–Crippen LogP) is 17.4. The highest BCUT2D eigenvalue weighted by Gasteiger charge is 2.47. The van der Waals surface area contributed by atoms with Gasteiger partial charge in [-0.25, -0.2) is 0 Å². The normalized spacial score (nSPS) is 19.2. The lowest BCUT2D eigenvalue weighted by molar-refractivity contribution is -0.305. The van der Waals surface area contributed by atoms with Gasteiger partial charge in [0.1, 0.15) is 24.4 Å². The quantitative estimate of drug-likeness (QED) is 0.0195. The number of allylic oxidation sites excluding steroid dienone is 19. The molecule has 0 radical (unpaired) electrons. The molecule has 85 heavy (non-hydrogen) atoms. The van der Waals surface area contributed by atoms with Crippen molar-refractivity contribution in [2.45, 2.75) is 320 Å². The van der Waals surface area contributed by atoms with E-state index in [1.165, 1.54) is 83.5 Å². The molecule has 0 spiro atoms. The number of esters is 1. The number of rotatable bonds is 57. The van der Waals surface area contributed by atoms with Crippen LogP contribution in [0.15, 0.2) is 122 Å². The lowest BCUT2D eigenvalue weighted by atomic mass is 9.99. The van der Waals surface area contributed by atoms with Crippen LogP contribution in [-0.4, -0.2) is 99.6 Å². The molecule has 1 amide bonds. The van der Waals surface area contributed by atoms with Gasteiger partial charge in [-0.05, 0) is 116 Å². The molecule has 0 saturated carbocycles. The zero-order chi connectivity index (χ0) is 61.7. The van der Waals surface area contributed by atoms with Crippen molar-refractivity contribution in [2.75, 3.05) is 13.2 Å². The third-order valence-electron chi connectivity index (χ3n) is 15.3. The van der Waals surface area contributed by atoms with Gasteiger partial charge in [0, 0.05) is 6.42 Å². The molecule has 11 heteroatoms. The van der Waals surface area contributed by atoms with Crippen molar-refractivity contribution in [3.8, 4) is 0 Å². The lowest BCUT2D eigenvalue weighted by Crippen LogP contribution is -2.61. The molecule has 1 heterocycles. The SMILES string of the molecule is CC/C=C\C/C=C\C/C=C\C/C=C\C/C=C\CCCCCCCCCCC(O)C(=O)NC(COC1OC(CO)C(O)C(O)C1OC(=O)CCCCCCC/C=C\C/C=C\C/C=C\C/C=C\CCCCC)C(O)/C=C/CCCCCCCCCCC. The summed E-state index contributed by atoms with van der Waals surface area (Å²) in [5, 5.41) is 57.1. The molecular formula is C74H125NO10. The first-order valence-electron chi connectivity index (χ1n) is 34.3. The molecular weight excluding hydrogens is 1060 g/mol. The van der Waals surface area contributed by atoms with Gasteiger partial charge in [0.2, 0.25) is 5.91 Å². The highest BCUT2D eigenvalue weighted by molar-refractivity contribution is 5.80. The van der Waals surface area contributed by atoms with Crippen molar-refractivity contribution in [2.24, 2.45) is 0 Å². The first kappa shape index (κ1) is 79.1. The molecule has 1 fully saturated rings. The summed E-state index contributed by atoms with van der Waals surface area (Å²) < 4.78 is 17.6. The molecule has 1 aliphatic heterocycles. The smallest absolute Gasteiger partial charge is 0.306 e. The molecule has 0 bridgehead atoms. The van der Waals surface area contributed by atoms with Gasteiger partial charge in [-0.15, -0.1) is 0 Å². The Morgan fingerprint density at radius 1 is 0.471 bits per heavy atom. The number of ether oxygens (including phenoxy) is 3. The number of aliphatic hydroxyl groups is 5. The van der Waals surface area contributed by atoms with E-state index < -0.39 is 67.4 Å². The van der Waals surface area contributed by atoms with Gasteiger partial charge in [0.05, 0.1) is 25.4 Å². The summed E-state index contributed by atoms with van der Waals surface area (Å²) in [7, 11) is 0. The van der Waals surface area contributed by atoms with Crippen LogP contribution in [0.2, 0.25) is 0 Å². The van der Waals surface area contributed by atoms with E-state index in [2.05, 4.69) is 135 Å². The van der Waals surface area contributed by atoms with E-state index in [1.807, 2.05) is 6.08 Å². The van der Waals surface area contributed by atoms with Crippen molar-refractivity contribution in [1.29, 1.82) is 0 Å². The van der Waals surface area contributed by atoms with E-state index in [9.17, 15) is 35.1 Å². The molecule has 11 nitrogen and oxygen atoms in total. The van der Waals surface area contributed by atoms with E-state index in [4.69, 9.17) is 14.2 Å². The predicted molar refractivity (Wildman–Crippen MR) is 356 cm³/mol. The van der Waals surface area contributed by atoms with Crippen LogP contribution in [-0.2, 0) is 23.8 Å². The topological polar surface area (TPSA) is 175 Å². The molecule has 0 aliphatic carbocycles. The minimum atomic E-state index is -1.63. The summed E-state index contributed by atoms with van der Waals surface area (Å²) in [6.45, 7) is 5.63. The molecule has 8 atom stereocenters. The highest BCUT2D eigenvalue weighted by Crippen LogP contribution is 2.26. The first-order chi connectivity index (χ1) is 41.7. The van der Waals surface area contributed by atoms with Gasteiger partial charge in [0.25, 0.3) is 0 Å². The monoisotopic (exact) mass is 1190 g/mol. The summed E-state index contributed by atoms with van der Waals surface area (Å²) in [4.78, 5) is 26.6. The average molecular weight is 1190 g/mol. The molecule has 0 aromatic rings. The summed E-state index contributed by atoms with van der Waals surface area (Å²) in [5.74, 6) is -1.23. The van der Waals surface area contributed by atoms with E-state index in [1.54, 1.807) is 6.08 Å². The Bertz CT molecular complexity index is 1850. The molecule has 1 saturated heterocycles. The van der Waals surface area contributed by atoms with Crippen LogP contribution in [0, 0.1) is 0 Å².